The zero-order chi connectivity index (χ0) is 15.6. The monoisotopic (exact) mass is 327 g/mol. The van der Waals surface area contributed by atoms with Crippen molar-refractivity contribution in [3.8, 4) is 0 Å². The molecule has 0 N–H and O–H groups in total. The minimum Gasteiger partial charge on any atom is -0.296 e. The fourth-order valence-corrected chi connectivity index (χ4v) is 3.50. The van der Waals surface area contributed by atoms with E-state index in [0.717, 1.165) is 12.8 Å². The van der Waals surface area contributed by atoms with Gasteiger partial charge in [-0.1, -0.05) is 37.0 Å². The van der Waals surface area contributed by atoms with Crippen molar-refractivity contribution in [2.24, 2.45) is 5.41 Å². The third-order valence-electron chi connectivity index (χ3n) is 4.56. The molecule has 0 aromatic heterocycles. The Kier molecular flexibility index (Phi) is 5.34. The fraction of sp³-hybridized carbons (Fsp3) is 0.588. The molecule has 0 atom stereocenters. The molecule has 1 saturated carbocycles. The Labute approximate surface area is 137 Å². The molecule has 0 unspecified atom stereocenters. The maximum absolute atomic E-state index is 12.4. The van der Waals surface area contributed by atoms with Crippen LogP contribution in [0.1, 0.15) is 49.9 Å². The minimum atomic E-state index is 0.0593. The predicted molar refractivity (Wildman–Crippen MR) is 89.5 cm³/mol. The van der Waals surface area contributed by atoms with Gasteiger partial charge in [0.05, 0.1) is 11.6 Å². The molecule has 0 bridgehead atoms. The number of halogens is 2. The predicted octanol–water partition coefficient (Wildman–Crippen LogP) is 5.08. The molecule has 1 fully saturated rings. The Morgan fingerprint density at radius 3 is 2.48 bits per heavy atom. The molecule has 2 nitrogen and oxygen atoms in total. The van der Waals surface area contributed by atoms with Gasteiger partial charge in [-0.2, -0.15) is 0 Å². The molecule has 1 aromatic carbocycles. The van der Waals surface area contributed by atoms with Gasteiger partial charge in [0.15, 0.2) is 5.78 Å². The Morgan fingerprint density at radius 2 is 1.90 bits per heavy atom. The first-order valence-corrected chi connectivity index (χ1v) is 8.22. The molecule has 0 heterocycles. The van der Waals surface area contributed by atoms with Gasteiger partial charge < -0.3 is 0 Å². The van der Waals surface area contributed by atoms with Crippen LogP contribution in [0.2, 0.25) is 10.0 Å². The summed E-state index contributed by atoms with van der Waals surface area (Å²) < 4.78 is 0. The largest absolute Gasteiger partial charge is 0.296 e. The Balaban J connectivity index is 1.96. The van der Waals surface area contributed by atoms with Crippen LogP contribution in [0, 0.1) is 5.41 Å². The normalized spacial score (nSPS) is 19.0. The number of hydrogen-bond acceptors (Lipinski definition) is 2. The van der Waals surface area contributed by atoms with E-state index < -0.39 is 0 Å². The molecule has 0 amide bonds. The van der Waals surface area contributed by atoms with Gasteiger partial charge in [0, 0.05) is 16.6 Å². The highest BCUT2D eigenvalue weighted by Gasteiger charge is 2.29. The number of carbonyl (C=O) groups is 1. The molecule has 116 valence electrons. The summed E-state index contributed by atoms with van der Waals surface area (Å²) in [6, 6.07) is 5.54. The van der Waals surface area contributed by atoms with E-state index in [1.807, 2.05) is 7.05 Å². The van der Waals surface area contributed by atoms with Crippen LogP contribution in [-0.4, -0.2) is 30.3 Å². The number of benzene rings is 1. The van der Waals surface area contributed by atoms with Crippen molar-refractivity contribution < 1.29 is 4.79 Å². The first-order valence-electron chi connectivity index (χ1n) is 7.47. The number of rotatable bonds is 4. The molecule has 2 rings (SSSR count). The van der Waals surface area contributed by atoms with E-state index in [2.05, 4.69) is 18.7 Å². The maximum Gasteiger partial charge on any atom is 0.178 e. The van der Waals surface area contributed by atoms with Crippen LogP contribution < -0.4 is 0 Å². The molecule has 0 spiro atoms. The Morgan fingerprint density at radius 1 is 1.29 bits per heavy atom. The summed E-state index contributed by atoms with van der Waals surface area (Å²) in [5.74, 6) is 0.0593. The lowest BCUT2D eigenvalue weighted by atomic mass is 9.75. The SMILES string of the molecule is CN(CC(=O)c1ccc(Cl)cc1Cl)C1CCC(C)(C)CC1. The van der Waals surface area contributed by atoms with Crippen LogP contribution in [-0.2, 0) is 0 Å². The highest BCUT2D eigenvalue weighted by Crippen LogP contribution is 2.36. The Hall–Kier alpha value is -0.570. The van der Waals surface area contributed by atoms with E-state index in [-0.39, 0.29) is 5.78 Å². The molecule has 0 saturated heterocycles. The van der Waals surface area contributed by atoms with Gasteiger partial charge in [0.2, 0.25) is 0 Å². The molecule has 1 aliphatic rings. The van der Waals surface area contributed by atoms with Crippen LogP contribution >= 0.6 is 23.2 Å². The third-order valence-corrected chi connectivity index (χ3v) is 5.10. The quantitative estimate of drug-likeness (QED) is 0.719. The average molecular weight is 328 g/mol. The van der Waals surface area contributed by atoms with Gasteiger partial charge in [-0.15, -0.1) is 0 Å². The second kappa shape index (κ2) is 6.68. The van der Waals surface area contributed by atoms with Crippen LogP contribution in [0.25, 0.3) is 0 Å². The van der Waals surface area contributed by atoms with Gasteiger partial charge in [-0.25, -0.2) is 0 Å². The topological polar surface area (TPSA) is 20.3 Å². The van der Waals surface area contributed by atoms with Gasteiger partial charge >= 0.3 is 0 Å². The summed E-state index contributed by atoms with van der Waals surface area (Å²) in [6.07, 6.45) is 4.76. The van der Waals surface area contributed by atoms with Crippen LogP contribution in [0.15, 0.2) is 18.2 Å². The second-order valence-corrected chi connectivity index (χ2v) is 7.70. The van der Waals surface area contributed by atoms with E-state index in [1.165, 1.54) is 12.8 Å². The molecule has 0 radical (unpaired) electrons. The Bertz CT molecular complexity index is 518. The lowest BCUT2D eigenvalue weighted by Crippen LogP contribution is -2.39. The summed E-state index contributed by atoms with van der Waals surface area (Å²) >= 11 is 12.0. The summed E-state index contributed by atoms with van der Waals surface area (Å²) in [5.41, 5.74) is 1.00. The van der Waals surface area contributed by atoms with Gasteiger partial charge in [-0.05, 0) is 56.3 Å². The fourth-order valence-electron chi connectivity index (χ4n) is 2.98. The zero-order valence-electron chi connectivity index (χ0n) is 13.0. The zero-order valence-corrected chi connectivity index (χ0v) is 14.5. The van der Waals surface area contributed by atoms with Crippen LogP contribution in [0.4, 0.5) is 0 Å². The molecule has 1 aromatic rings. The van der Waals surface area contributed by atoms with Crippen molar-refractivity contribution >= 4 is 29.0 Å². The van der Waals surface area contributed by atoms with Gasteiger partial charge in [0.25, 0.3) is 0 Å². The standard InChI is InChI=1S/C17H23Cl2NO/c1-17(2)8-6-13(7-9-17)20(3)11-16(21)14-5-4-12(18)10-15(14)19/h4-5,10,13H,6-9,11H2,1-3H3. The van der Waals surface area contributed by atoms with E-state index in [0.29, 0.717) is 33.6 Å². The van der Waals surface area contributed by atoms with E-state index >= 15 is 0 Å². The number of nitrogens with zero attached hydrogens (tertiary/aromatic N) is 1. The highest BCUT2D eigenvalue weighted by atomic mass is 35.5. The number of likely N-dealkylation sites (N-methyl/N-ethyl adjacent to an activating group) is 1. The molecule has 4 heteroatoms. The van der Waals surface area contributed by atoms with Crippen molar-refractivity contribution in [1.29, 1.82) is 0 Å². The van der Waals surface area contributed by atoms with Gasteiger partial charge in [-0.3, -0.25) is 9.69 Å². The first-order chi connectivity index (χ1) is 9.78. The maximum atomic E-state index is 12.4. The number of ketones is 1. The van der Waals surface area contributed by atoms with E-state index in [9.17, 15) is 4.79 Å². The molecular formula is C17H23Cl2NO. The third kappa shape index (κ3) is 4.45. The van der Waals surface area contributed by atoms with Crippen molar-refractivity contribution in [3.05, 3.63) is 33.8 Å². The summed E-state index contributed by atoms with van der Waals surface area (Å²) in [4.78, 5) is 14.6. The minimum absolute atomic E-state index is 0.0593. The van der Waals surface area contributed by atoms with Crippen LogP contribution in [0.5, 0.6) is 0 Å². The van der Waals surface area contributed by atoms with E-state index in [1.54, 1.807) is 18.2 Å². The summed E-state index contributed by atoms with van der Waals surface area (Å²) in [6.45, 7) is 5.05. The van der Waals surface area contributed by atoms with Crippen molar-refractivity contribution in [2.75, 3.05) is 13.6 Å². The molecular weight excluding hydrogens is 305 g/mol. The van der Waals surface area contributed by atoms with Crippen molar-refractivity contribution in [3.63, 3.8) is 0 Å². The highest BCUT2D eigenvalue weighted by molar-refractivity contribution is 6.36. The lowest BCUT2D eigenvalue weighted by Gasteiger charge is -2.38. The lowest BCUT2D eigenvalue weighted by molar-refractivity contribution is 0.0851. The molecule has 0 aliphatic heterocycles. The van der Waals surface area contributed by atoms with E-state index in [4.69, 9.17) is 23.2 Å². The van der Waals surface area contributed by atoms with Gasteiger partial charge in [0.1, 0.15) is 0 Å². The second-order valence-electron chi connectivity index (χ2n) is 6.86. The van der Waals surface area contributed by atoms with Crippen molar-refractivity contribution in [1.82, 2.24) is 4.90 Å². The smallest absolute Gasteiger partial charge is 0.178 e. The molecule has 1 aliphatic carbocycles. The number of carbonyl (C=O) groups excluding carboxylic acids is 1. The number of Topliss-reactive ketones (excluding diaryl/α,β-unsaturated/α-hetero) is 1. The molecule has 21 heavy (non-hydrogen) atoms. The summed E-state index contributed by atoms with van der Waals surface area (Å²) in [5, 5.41) is 0.991. The number of hydrogen-bond donors (Lipinski definition) is 0. The first kappa shape index (κ1) is 16.8. The van der Waals surface area contributed by atoms with Crippen molar-refractivity contribution in [2.45, 2.75) is 45.6 Å². The summed E-state index contributed by atoms with van der Waals surface area (Å²) in [7, 11) is 2.03. The average Bonchev–Trinajstić information content (AvgIpc) is 2.38. The van der Waals surface area contributed by atoms with Crippen LogP contribution in [0.3, 0.4) is 0 Å².